The first-order valence-corrected chi connectivity index (χ1v) is 10.4. The van der Waals surface area contributed by atoms with Gasteiger partial charge in [0.2, 0.25) is 0 Å². The quantitative estimate of drug-likeness (QED) is 0.214. The molecule has 0 heterocycles. The summed E-state index contributed by atoms with van der Waals surface area (Å²) >= 11 is 0. The SMILES string of the molecule is CN=C(NCCCCCc1ccccc1)NCCc1cccc(C(=O)N(C)C)c1.I. The highest BCUT2D eigenvalue weighted by atomic mass is 127. The van der Waals surface area contributed by atoms with E-state index in [2.05, 4.69) is 52.0 Å². The molecule has 2 aromatic rings. The van der Waals surface area contributed by atoms with Crippen LogP contribution in [-0.4, -0.2) is 51.0 Å². The molecule has 0 spiro atoms. The monoisotopic (exact) mass is 522 g/mol. The zero-order valence-corrected chi connectivity index (χ0v) is 20.7. The Morgan fingerprint density at radius 2 is 1.57 bits per heavy atom. The predicted octanol–water partition coefficient (Wildman–Crippen LogP) is 4.13. The first-order chi connectivity index (χ1) is 14.1. The van der Waals surface area contributed by atoms with Gasteiger partial charge in [-0.15, -0.1) is 24.0 Å². The lowest BCUT2D eigenvalue weighted by molar-refractivity contribution is 0.0827. The Morgan fingerprint density at radius 1 is 0.867 bits per heavy atom. The van der Waals surface area contributed by atoms with Crippen LogP contribution in [-0.2, 0) is 12.8 Å². The number of hydrogen-bond acceptors (Lipinski definition) is 2. The van der Waals surface area contributed by atoms with Crippen molar-refractivity contribution in [3.05, 3.63) is 71.3 Å². The van der Waals surface area contributed by atoms with Crippen molar-refractivity contribution in [3.8, 4) is 0 Å². The number of carbonyl (C=O) groups excluding carboxylic acids is 1. The number of nitrogens with zero attached hydrogens (tertiary/aromatic N) is 2. The summed E-state index contributed by atoms with van der Waals surface area (Å²) in [5, 5.41) is 6.73. The molecule has 1 amide bonds. The first-order valence-electron chi connectivity index (χ1n) is 10.4. The molecule has 2 aromatic carbocycles. The van der Waals surface area contributed by atoms with Crippen LogP contribution in [0.4, 0.5) is 0 Å². The zero-order chi connectivity index (χ0) is 20.9. The number of benzene rings is 2. The summed E-state index contributed by atoms with van der Waals surface area (Å²) < 4.78 is 0. The van der Waals surface area contributed by atoms with Gasteiger partial charge in [-0.1, -0.05) is 48.9 Å². The third kappa shape index (κ3) is 9.61. The molecule has 0 atom stereocenters. The van der Waals surface area contributed by atoms with Gasteiger partial charge >= 0.3 is 0 Å². The van der Waals surface area contributed by atoms with E-state index in [1.807, 2.05) is 18.2 Å². The van der Waals surface area contributed by atoms with Crippen LogP contribution >= 0.6 is 24.0 Å². The summed E-state index contributed by atoms with van der Waals surface area (Å²) in [5.41, 5.74) is 3.28. The van der Waals surface area contributed by atoms with Crippen LogP contribution in [0.3, 0.4) is 0 Å². The molecule has 0 aromatic heterocycles. The number of rotatable bonds is 10. The van der Waals surface area contributed by atoms with Crippen molar-refractivity contribution in [2.24, 2.45) is 4.99 Å². The van der Waals surface area contributed by atoms with Crippen LogP contribution in [0, 0.1) is 0 Å². The van der Waals surface area contributed by atoms with Crippen molar-refractivity contribution < 1.29 is 4.79 Å². The summed E-state index contributed by atoms with van der Waals surface area (Å²) in [4.78, 5) is 18.0. The number of amides is 1. The average molecular weight is 522 g/mol. The summed E-state index contributed by atoms with van der Waals surface area (Å²) in [7, 11) is 5.34. The molecule has 2 rings (SSSR count). The minimum atomic E-state index is 0. The fraction of sp³-hybridized carbons (Fsp3) is 0.417. The standard InChI is InChI=1S/C24H34N4O.HI/c1-25-24(26-17-9-5-8-13-20-11-6-4-7-12-20)27-18-16-21-14-10-15-22(19-21)23(29)28(2)3;/h4,6-7,10-12,14-15,19H,5,8-9,13,16-18H2,1-3H3,(H2,25,26,27);1H. The Balaban J connectivity index is 0.00000450. The van der Waals surface area contributed by atoms with Crippen molar-refractivity contribution >= 4 is 35.8 Å². The van der Waals surface area contributed by atoms with Crippen LogP contribution in [0.2, 0.25) is 0 Å². The number of aryl methyl sites for hydroxylation is 1. The second-order valence-electron chi connectivity index (χ2n) is 7.37. The van der Waals surface area contributed by atoms with Crippen molar-refractivity contribution in [1.29, 1.82) is 0 Å². The van der Waals surface area contributed by atoms with Gasteiger partial charge in [-0.2, -0.15) is 0 Å². The fourth-order valence-corrected chi connectivity index (χ4v) is 3.15. The molecule has 0 aliphatic rings. The lowest BCUT2D eigenvalue weighted by Gasteiger charge is -2.13. The van der Waals surface area contributed by atoms with Gasteiger partial charge < -0.3 is 15.5 Å². The van der Waals surface area contributed by atoms with E-state index in [0.717, 1.165) is 49.4 Å². The molecule has 2 N–H and O–H groups in total. The second-order valence-corrected chi connectivity index (χ2v) is 7.37. The second kappa shape index (κ2) is 14.8. The normalized spacial score (nSPS) is 10.8. The van der Waals surface area contributed by atoms with Crippen LogP contribution in [0.25, 0.3) is 0 Å². The molecule has 6 heteroatoms. The summed E-state index contributed by atoms with van der Waals surface area (Å²) in [6.45, 7) is 1.69. The van der Waals surface area contributed by atoms with Gasteiger partial charge in [0.1, 0.15) is 0 Å². The molecule has 164 valence electrons. The molecule has 5 nitrogen and oxygen atoms in total. The van der Waals surface area contributed by atoms with Crippen LogP contribution in [0.5, 0.6) is 0 Å². The highest BCUT2D eigenvalue weighted by molar-refractivity contribution is 14.0. The number of hydrogen-bond donors (Lipinski definition) is 2. The van der Waals surface area contributed by atoms with Crippen LogP contribution < -0.4 is 10.6 Å². The van der Waals surface area contributed by atoms with Gasteiger partial charge in [0, 0.05) is 39.8 Å². The van der Waals surface area contributed by atoms with Crippen molar-refractivity contribution in [3.63, 3.8) is 0 Å². The highest BCUT2D eigenvalue weighted by Crippen LogP contribution is 2.08. The van der Waals surface area contributed by atoms with Crippen molar-refractivity contribution in [1.82, 2.24) is 15.5 Å². The van der Waals surface area contributed by atoms with Gasteiger partial charge in [0.05, 0.1) is 0 Å². The molecule has 0 fully saturated rings. The van der Waals surface area contributed by atoms with E-state index in [0.29, 0.717) is 0 Å². The van der Waals surface area contributed by atoms with Crippen molar-refractivity contribution in [2.45, 2.75) is 32.1 Å². The van der Waals surface area contributed by atoms with E-state index < -0.39 is 0 Å². The number of guanidine groups is 1. The van der Waals surface area contributed by atoms with Gasteiger partial charge in [0.25, 0.3) is 5.91 Å². The summed E-state index contributed by atoms with van der Waals surface area (Å²) in [6, 6.07) is 18.5. The lowest BCUT2D eigenvalue weighted by atomic mass is 10.1. The molecule has 0 aliphatic heterocycles. The van der Waals surface area contributed by atoms with Crippen LogP contribution in [0.1, 0.15) is 40.7 Å². The lowest BCUT2D eigenvalue weighted by Crippen LogP contribution is -2.38. The van der Waals surface area contributed by atoms with Crippen LogP contribution in [0.15, 0.2) is 59.6 Å². The van der Waals surface area contributed by atoms with Gasteiger partial charge in [-0.25, -0.2) is 0 Å². The third-order valence-electron chi connectivity index (χ3n) is 4.79. The Bertz CT molecular complexity index is 778. The molecular weight excluding hydrogens is 487 g/mol. The highest BCUT2D eigenvalue weighted by Gasteiger charge is 2.08. The van der Waals surface area contributed by atoms with E-state index in [-0.39, 0.29) is 29.9 Å². The van der Waals surface area contributed by atoms with Gasteiger partial charge in [-0.3, -0.25) is 9.79 Å². The maximum Gasteiger partial charge on any atom is 0.253 e. The number of aliphatic imine (C=N–C) groups is 1. The molecule has 0 radical (unpaired) electrons. The average Bonchev–Trinajstić information content (AvgIpc) is 2.75. The first kappa shape index (κ1) is 25.9. The minimum absolute atomic E-state index is 0. The Morgan fingerprint density at radius 3 is 2.27 bits per heavy atom. The predicted molar refractivity (Wildman–Crippen MR) is 137 cm³/mol. The Labute approximate surface area is 198 Å². The van der Waals surface area contributed by atoms with E-state index in [1.165, 1.54) is 18.4 Å². The molecule has 30 heavy (non-hydrogen) atoms. The van der Waals surface area contributed by atoms with E-state index in [9.17, 15) is 4.79 Å². The third-order valence-corrected chi connectivity index (χ3v) is 4.79. The maximum atomic E-state index is 12.1. The summed E-state index contributed by atoms with van der Waals surface area (Å²) in [6.07, 6.45) is 5.52. The van der Waals surface area contributed by atoms with E-state index in [4.69, 9.17) is 0 Å². The summed E-state index contributed by atoms with van der Waals surface area (Å²) in [5.74, 6) is 0.859. The molecule has 0 saturated carbocycles. The minimum Gasteiger partial charge on any atom is -0.356 e. The number of unbranched alkanes of at least 4 members (excludes halogenated alkanes) is 2. The largest absolute Gasteiger partial charge is 0.356 e. The maximum absolute atomic E-state index is 12.1. The smallest absolute Gasteiger partial charge is 0.253 e. The molecular formula is C24H35IN4O. The van der Waals surface area contributed by atoms with Gasteiger partial charge in [0.15, 0.2) is 5.96 Å². The van der Waals surface area contributed by atoms with E-state index in [1.54, 1.807) is 26.0 Å². The van der Waals surface area contributed by atoms with Gasteiger partial charge in [-0.05, 0) is 48.9 Å². The number of carbonyl (C=O) groups is 1. The Kier molecular flexibility index (Phi) is 12.8. The topological polar surface area (TPSA) is 56.7 Å². The number of nitrogens with one attached hydrogen (secondary N) is 2. The zero-order valence-electron chi connectivity index (χ0n) is 18.4. The molecule has 0 saturated heterocycles. The van der Waals surface area contributed by atoms with Crippen molar-refractivity contribution in [2.75, 3.05) is 34.2 Å². The molecule has 0 unspecified atom stereocenters. The molecule has 0 aliphatic carbocycles. The van der Waals surface area contributed by atoms with E-state index >= 15 is 0 Å². The fourth-order valence-electron chi connectivity index (χ4n) is 3.15. The molecule has 0 bridgehead atoms. The Hall–Kier alpha value is -2.09. The number of halogens is 1.